The van der Waals surface area contributed by atoms with Crippen molar-refractivity contribution >= 4 is 33.5 Å². The van der Waals surface area contributed by atoms with Gasteiger partial charge < -0.3 is 11.1 Å². The van der Waals surface area contributed by atoms with Crippen molar-refractivity contribution in [2.75, 3.05) is 5.73 Å². The fourth-order valence-electron chi connectivity index (χ4n) is 2.77. The van der Waals surface area contributed by atoms with Crippen molar-refractivity contribution in [3.63, 3.8) is 0 Å². The Morgan fingerprint density at radius 2 is 2.10 bits per heavy atom. The minimum atomic E-state index is 0.242. The molecule has 5 heteroatoms. The number of nitrogens with one attached hydrogen (secondary N) is 1. The van der Waals surface area contributed by atoms with Crippen LogP contribution in [0.2, 0.25) is 0 Å². The molecule has 2 aromatic rings. The van der Waals surface area contributed by atoms with Crippen LogP contribution in [0, 0.1) is 5.92 Å². The first-order chi connectivity index (χ1) is 10.3. The molecule has 4 rings (SSSR count). The molecule has 0 spiro atoms. The highest BCUT2D eigenvalue weighted by Crippen LogP contribution is 2.38. The van der Waals surface area contributed by atoms with Gasteiger partial charge in [0, 0.05) is 29.3 Å². The second kappa shape index (κ2) is 4.86. The van der Waals surface area contributed by atoms with Gasteiger partial charge in [0.2, 0.25) is 0 Å². The molecule has 104 valence electrons. The second-order valence-corrected chi connectivity index (χ2v) is 6.00. The van der Waals surface area contributed by atoms with Crippen LogP contribution in [0.25, 0.3) is 11.1 Å². The van der Waals surface area contributed by atoms with E-state index in [1.165, 1.54) is 28.0 Å². The molecule has 0 amide bonds. The number of rotatable bonds is 2. The van der Waals surface area contributed by atoms with Gasteiger partial charge in [-0.1, -0.05) is 30.3 Å². The molecule has 3 N–H and O–H groups in total. The van der Waals surface area contributed by atoms with E-state index in [9.17, 15) is 0 Å². The molecule has 0 saturated heterocycles. The van der Waals surface area contributed by atoms with E-state index in [1.807, 2.05) is 23.8 Å². The van der Waals surface area contributed by atoms with E-state index in [0.29, 0.717) is 5.13 Å². The quantitative estimate of drug-likeness (QED) is 0.894. The van der Waals surface area contributed by atoms with Crippen molar-refractivity contribution in [3.8, 4) is 0 Å². The second-order valence-electron chi connectivity index (χ2n) is 5.11. The number of nitrogens with two attached hydrogens (primary N) is 1. The standard InChI is InChI=1S/C16H14N4S/c17-16-20-14(9-21-16)13-8-19-15-12(13)6-11(7-18-15)10-4-2-1-3-5-10/h1-5,7-9,12H,6H2,(H2,17,20)(H,18,19). The van der Waals surface area contributed by atoms with Crippen LogP contribution >= 0.6 is 11.3 Å². The average Bonchev–Trinajstić information content (AvgIpc) is 3.13. The zero-order valence-corrected chi connectivity index (χ0v) is 12.1. The van der Waals surface area contributed by atoms with Crippen molar-refractivity contribution < 1.29 is 0 Å². The van der Waals surface area contributed by atoms with Crippen molar-refractivity contribution in [2.45, 2.75) is 6.42 Å². The van der Waals surface area contributed by atoms with Crippen LogP contribution in [0.5, 0.6) is 0 Å². The van der Waals surface area contributed by atoms with Gasteiger partial charge in [-0.05, 0) is 17.6 Å². The minimum absolute atomic E-state index is 0.242. The number of thiazole rings is 1. The van der Waals surface area contributed by atoms with Crippen molar-refractivity contribution in [3.05, 3.63) is 59.4 Å². The van der Waals surface area contributed by atoms with E-state index >= 15 is 0 Å². The van der Waals surface area contributed by atoms with Crippen molar-refractivity contribution in [1.29, 1.82) is 0 Å². The van der Waals surface area contributed by atoms with E-state index < -0.39 is 0 Å². The number of nitrogens with zero attached hydrogens (tertiary/aromatic N) is 2. The molecule has 4 nitrogen and oxygen atoms in total. The summed E-state index contributed by atoms with van der Waals surface area (Å²) in [5, 5.41) is 5.86. The maximum atomic E-state index is 5.75. The summed E-state index contributed by atoms with van der Waals surface area (Å²) in [7, 11) is 0. The molecule has 0 bridgehead atoms. The lowest BCUT2D eigenvalue weighted by Gasteiger charge is -2.20. The molecule has 0 saturated carbocycles. The van der Waals surface area contributed by atoms with Crippen LogP contribution in [-0.4, -0.2) is 10.8 Å². The molecule has 1 atom stereocenters. The molecule has 0 aliphatic carbocycles. The van der Waals surface area contributed by atoms with Crippen LogP contribution in [0.4, 0.5) is 5.13 Å². The molecule has 1 aromatic carbocycles. The lowest BCUT2D eigenvalue weighted by atomic mass is 9.87. The summed E-state index contributed by atoms with van der Waals surface area (Å²) >= 11 is 1.47. The number of benzene rings is 1. The maximum absolute atomic E-state index is 5.75. The summed E-state index contributed by atoms with van der Waals surface area (Å²) in [6.45, 7) is 0. The zero-order chi connectivity index (χ0) is 14.2. The lowest BCUT2D eigenvalue weighted by Crippen LogP contribution is -2.22. The van der Waals surface area contributed by atoms with Crippen LogP contribution < -0.4 is 11.1 Å². The number of amidine groups is 1. The van der Waals surface area contributed by atoms with Crippen LogP contribution in [-0.2, 0) is 0 Å². The number of anilines is 1. The summed E-state index contributed by atoms with van der Waals surface area (Å²) < 4.78 is 0. The van der Waals surface area contributed by atoms with Gasteiger partial charge in [-0.2, -0.15) is 0 Å². The molecule has 1 unspecified atom stereocenters. The third-order valence-electron chi connectivity index (χ3n) is 3.83. The van der Waals surface area contributed by atoms with Crippen LogP contribution in [0.3, 0.4) is 0 Å². The fourth-order valence-corrected chi connectivity index (χ4v) is 3.34. The summed E-state index contributed by atoms with van der Waals surface area (Å²) in [5.74, 6) is 1.24. The normalized spacial score (nSPS) is 20.2. The first-order valence-corrected chi connectivity index (χ1v) is 7.69. The van der Waals surface area contributed by atoms with Gasteiger partial charge in [0.05, 0.1) is 5.69 Å². The van der Waals surface area contributed by atoms with E-state index in [-0.39, 0.29) is 5.92 Å². The van der Waals surface area contributed by atoms with Gasteiger partial charge in [-0.15, -0.1) is 11.3 Å². The highest BCUT2D eigenvalue weighted by Gasteiger charge is 2.31. The Morgan fingerprint density at radius 3 is 2.86 bits per heavy atom. The van der Waals surface area contributed by atoms with E-state index in [2.05, 4.69) is 39.6 Å². The first kappa shape index (κ1) is 12.3. The number of aliphatic imine (C=N–C) groups is 1. The topological polar surface area (TPSA) is 63.3 Å². The molecule has 3 heterocycles. The van der Waals surface area contributed by atoms with Gasteiger partial charge >= 0.3 is 0 Å². The third kappa shape index (κ3) is 2.15. The summed E-state index contributed by atoms with van der Waals surface area (Å²) in [6.07, 6.45) is 4.89. The highest BCUT2D eigenvalue weighted by atomic mass is 32.1. The summed E-state index contributed by atoms with van der Waals surface area (Å²) in [5.41, 5.74) is 10.4. The zero-order valence-electron chi connectivity index (χ0n) is 11.3. The third-order valence-corrected chi connectivity index (χ3v) is 4.50. The predicted octanol–water partition coefficient (Wildman–Crippen LogP) is 3.13. The Hall–Kier alpha value is -2.40. The van der Waals surface area contributed by atoms with Gasteiger partial charge in [-0.3, -0.25) is 0 Å². The smallest absolute Gasteiger partial charge is 0.180 e. The molecule has 1 aromatic heterocycles. The Morgan fingerprint density at radius 1 is 1.24 bits per heavy atom. The van der Waals surface area contributed by atoms with Gasteiger partial charge in [0.25, 0.3) is 0 Å². The monoisotopic (exact) mass is 294 g/mol. The highest BCUT2D eigenvalue weighted by molar-refractivity contribution is 7.13. The van der Waals surface area contributed by atoms with Crippen LogP contribution in [0.1, 0.15) is 17.7 Å². The Bertz CT molecular complexity index is 771. The molecule has 21 heavy (non-hydrogen) atoms. The molecule has 2 aliphatic heterocycles. The van der Waals surface area contributed by atoms with Crippen molar-refractivity contribution in [1.82, 2.24) is 10.3 Å². The first-order valence-electron chi connectivity index (χ1n) is 6.81. The molecule has 2 aliphatic rings. The number of aromatic nitrogens is 1. The van der Waals surface area contributed by atoms with Crippen LogP contribution in [0.15, 0.2) is 53.1 Å². The van der Waals surface area contributed by atoms with E-state index in [1.54, 1.807) is 0 Å². The van der Waals surface area contributed by atoms with E-state index in [0.717, 1.165) is 18.0 Å². The molecule has 0 radical (unpaired) electrons. The molecule has 0 fully saturated rings. The predicted molar refractivity (Wildman–Crippen MR) is 87.6 cm³/mol. The van der Waals surface area contributed by atoms with E-state index in [4.69, 9.17) is 5.73 Å². The molecular weight excluding hydrogens is 280 g/mol. The Labute approximate surface area is 126 Å². The minimum Gasteiger partial charge on any atom is -0.375 e. The van der Waals surface area contributed by atoms with Gasteiger partial charge in [0.15, 0.2) is 5.13 Å². The lowest BCUT2D eigenvalue weighted by molar-refractivity contribution is 0.891. The maximum Gasteiger partial charge on any atom is 0.180 e. The van der Waals surface area contributed by atoms with Gasteiger partial charge in [0.1, 0.15) is 5.84 Å². The number of hydrogen-bond acceptors (Lipinski definition) is 5. The fraction of sp³-hybridized carbons (Fsp3) is 0.125. The van der Waals surface area contributed by atoms with Crippen molar-refractivity contribution in [2.24, 2.45) is 10.9 Å². The summed E-state index contributed by atoms with van der Waals surface area (Å²) in [6, 6.07) is 10.4. The number of fused-ring (bicyclic) bond motifs is 1. The number of hydrogen-bond donors (Lipinski definition) is 2. The Kier molecular flexibility index (Phi) is 2.86. The largest absolute Gasteiger partial charge is 0.375 e. The summed E-state index contributed by atoms with van der Waals surface area (Å²) in [4.78, 5) is 8.96. The van der Waals surface area contributed by atoms with Gasteiger partial charge in [-0.25, -0.2) is 9.98 Å². The Balaban J connectivity index is 1.66. The molecular formula is C16H14N4S. The number of nitrogen functional groups attached to an aromatic ring is 1. The average molecular weight is 294 g/mol. The number of allylic oxidation sites excluding steroid dienone is 1. The SMILES string of the molecule is Nc1nc(C2=CNC3=NC=C(c4ccccc4)CC23)cs1.